The minimum Gasteiger partial charge on any atom is -0.292 e. The van der Waals surface area contributed by atoms with Gasteiger partial charge in [-0.3, -0.25) is 15.1 Å². The van der Waals surface area contributed by atoms with Gasteiger partial charge in [-0.2, -0.15) is 0 Å². The van der Waals surface area contributed by atoms with Gasteiger partial charge in [-0.05, 0) is 60.8 Å². The highest BCUT2D eigenvalue weighted by Gasteiger charge is 2.34. The molecule has 0 aliphatic heterocycles. The monoisotopic (exact) mass is 458 g/mol. The van der Waals surface area contributed by atoms with Crippen LogP contribution >= 0.6 is 11.3 Å². The zero-order valence-electron chi connectivity index (χ0n) is 20.4. The van der Waals surface area contributed by atoms with E-state index < -0.39 is 5.54 Å². The van der Waals surface area contributed by atoms with Gasteiger partial charge in [-0.25, -0.2) is 0 Å². The van der Waals surface area contributed by atoms with Crippen LogP contribution < -0.4 is 5.32 Å². The molecule has 4 heteroatoms. The molecule has 3 rings (SSSR count). The van der Waals surface area contributed by atoms with Gasteiger partial charge in [-0.1, -0.05) is 77.3 Å². The molecule has 0 radical (unpaired) electrons. The zero-order chi connectivity index (χ0) is 24.3. The third-order valence-electron chi connectivity index (χ3n) is 5.23. The van der Waals surface area contributed by atoms with Crippen LogP contribution in [0, 0.1) is 11.8 Å². The number of aromatic nitrogens is 1. The number of hydrogen-bond acceptors (Lipinski definition) is 4. The number of nitrogens with zero attached hydrogens (tertiary/aromatic N) is 1. The molecule has 0 fully saturated rings. The van der Waals surface area contributed by atoms with Crippen LogP contribution in [0.1, 0.15) is 61.0 Å². The maximum atomic E-state index is 13.7. The minimum absolute atomic E-state index is 0.0505. The van der Waals surface area contributed by atoms with Gasteiger partial charge >= 0.3 is 0 Å². The summed E-state index contributed by atoms with van der Waals surface area (Å²) in [5, 5.41) is 3.29. The van der Waals surface area contributed by atoms with Crippen LogP contribution in [-0.4, -0.2) is 22.9 Å². The zero-order valence-corrected chi connectivity index (χ0v) is 21.2. The summed E-state index contributed by atoms with van der Waals surface area (Å²) in [6, 6.07) is 16.0. The molecule has 1 unspecified atom stereocenters. The average Bonchev–Trinajstić information content (AvgIpc) is 3.36. The SMILES string of the molecule is C=CC(C#Cc1ccc(-c2ccccn2)s1)(NCC)C(=O)c1cc(CC)ccc1CC.CC. The van der Waals surface area contributed by atoms with Gasteiger partial charge in [0.25, 0.3) is 0 Å². The van der Waals surface area contributed by atoms with E-state index in [-0.39, 0.29) is 5.78 Å². The van der Waals surface area contributed by atoms with Crippen LogP contribution in [0.25, 0.3) is 10.6 Å². The molecular weight excluding hydrogens is 424 g/mol. The Kier molecular flexibility index (Phi) is 10.3. The molecule has 3 nitrogen and oxygen atoms in total. The van der Waals surface area contributed by atoms with E-state index in [4.69, 9.17) is 0 Å². The highest BCUT2D eigenvalue weighted by molar-refractivity contribution is 7.16. The second-order valence-corrected chi connectivity index (χ2v) is 8.28. The Hall–Kier alpha value is -3.00. The van der Waals surface area contributed by atoms with E-state index in [1.54, 1.807) is 23.6 Å². The molecule has 1 N–H and O–H groups in total. The molecule has 2 aromatic heterocycles. The molecular formula is C29H34N2OS. The van der Waals surface area contributed by atoms with Crippen LogP contribution in [0.15, 0.2) is 67.4 Å². The molecule has 2 heterocycles. The largest absolute Gasteiger partial charge is 0.292 e. The molecule has 0 spiro atoms. The van der Waals surface area contributed by atoms with E-state index in [1.807, 2.05) is 57.2 Å². The number of carbonyl (C=O) groups is 1. The van der Waals surface area contributed by atoms with E-state index in [1.165, 1.54) is 0 Å². The Labute approximate surface area is 203 Å². The molecule has 0 aliphatic rings. The van der Waals surface area contributed by atoms with Crippen molar-refractivity contribution in [3.05, 3.63) is 89.0 Å². The molecule has 172 valence electrons. The molecule has 33 heavy (non-hydrogen) atoms. The van der Waals surface area contributed by atoms with E-state index >= 15 is 0 Å². The number of pyridine rings is 1. The third-order valence-corrected chi connectivity index (χ3v) is 6.26. The summed E-state index contributed by atoms with van der Waals surface area (Å²) in [4.78, 5) is 20.1. The number of aryl methyl sites for hydroxylation is 2. The van der Waals surface area contributed by atoms with Crippen molar-refractivity contribution < 1.29 is 4.79 Å². The van der Waals surface area contributed by atoms with E-state index in [2.05, 4.69) is 54.7 Å². The lowest BCUT2D eigenvalue weighted by atomic mass is 9.85. The van der Waals surface area contributed by atoms with Gasteiger partial charge in [0.1, 0.15) is 0 Å². The van der Waals surface area contributed by atoms with Crippen molar-refractivity contribution in [2.75, 3.05) is 6.54 Å². The normalized spacial score (nSPS) is 11.9. The van der Waals surface area contributed by atoms with Crippen molar-refractivity contribution in [3.63, 3.8) is 0 Å². The quantitative estimate of drug-likeness (QED) is 0.231. The number of rotatable bonds is 8. The van der Waals surface area contributed by atoms with Gasteiger partial charge in [-0.15, -0.1) is 11.3 Å². The Bertz CT molecular complexity index is 1120. The van der Waals surface area contributed by atoms with Gasteiger partial charge in [0.15, 0.2) is 11.3 Å². The van der Waals surface area contributed by atoms with Gasteiger partial charge in [0, 0.05) is 11.8 Å². The van der Waals surface area contributed by atoms with Crippen LogP contribution in [-0.2, 0) is 12.8 Å². The topological polar surface area (TPSA) is 42.0 Å². The van der Waals surface area contributed by atoms with Crippen molar-refractivity contribution in [1.82, 2.24) is 10.3 Å². The van der Waals surface area contributed by atoms with Crippen LogP contribution in [0.4, 0.5) is 0 Å². The summed E-state index contributed by atoms with van der Waals surface area (Å²) in [6.45, 7) is 14.7. The summed E-state index contributed by atoms with van der Waals surface area (Å²) < 4.78 is 0. The van der Waals surface area contributed by atoms with Crippen molar-refractivity contribution in [2.45, 2.75) is 53.0 Å². The number of Topliss-reactive ketones (excluding diaryl/α,β-unsaturated/α-hetero) is 1. The van der Waals surface area contributed by atoms with Crippen molar-refractivity contribution in [1.29, 1.82) is 0 Å². The van der Waals surface area contributed by atoms with Crippen LogP contribution in [0.5, 0.6) is 0 Å². The molecule has 0 aliphatic carbocycles. The fourth-order valence-corrected chi connectivity index (χ4v) is 4.30. The molecule has 0 saturated carbocycles. The molecule has 0 saturated heterocycles. The molecule has 0 amide bonds. The predicted octanol–water partition coefficient (Wildman–Crippen LogP) is 6.73. The fraction of sp³-hybridized carbons (Fsp3) is 0.310. The minimum atomic E-state index is -1.14. The molecule has 0 bridgehead atoms. The maximum Gasteiger partial charge on any atom is 0.199 e. The highest BCUT2D eigenvalue weighted by Crippen LogP contribution is 2.26. The highest BCUT2D eigenvalue weighted by atomic mass is 32.1. The first-order valence-corrected chi connectivity index (χ1v) is 12.5. The first kappa shape index (κ1) is 26.3. The summed E-state index contributed by atoms with van der Waals surface area (Å²) in [5.41, 5.74) is 2.67. The number of hydrogen-bond donors (Lipinski definition) is 1. The summed E-state index contributed by atoms with van der Waals surface area (Å²) in [7, 11) is 0. The Morgan fingerprint density at radius 3 is 2.52 bits per heavy atom. The molecule has 1 atom stereocenters. The number of ketones is 1. The predicted molar refractivity (Wildman–Crippen MR) is 142 cm³/mol. The van der Waals surface area contributed by atoms with Gasteiger partial charge < -0.3 is 0 Å². The van der Waals surface area contributed by atoms with Crippen LogP contribution in [0.3, 0.4) is 0 Å². The van der Waals surface area contributed by atoms with Crippen LogP contribution in [0.2, 0.25) is 0 Å². The summed E-state index contributed by atoms with van der Waals surface area (Å²) in [6.07, 6.45) is 5.08. The number of thiophene rings is 1. The van der Waals surface area contributed by atoms with Crippen molar-refractivity contribution in [2.24, 2.45) is 0 Å². The van der Waals surface area contributed by atoms with E-state index in [0.717, 1.165) is 45.0 Å². The molecule has 3 aromatic rings. The van der Waals surface area contributed by atoms with E-state index in [0.29, 0.717) is 6.54 Å². The van der Waals surface area contributed by atoms with E-state index in [9.17, 15) is 4.79 Å². The summed E-state index contributed by atoms with van der Waals surface area (Å²) in [5.74, 6) is 6.38. The molecule has 1 aromatic carbocycles. The summed E-state index contributed by atoms with van der Waals surface area (Å²) >= 11 is 1.57. The second-order valence-electron chi connectivity index (χ2n) is 7.20. The Morgan fingerprint density at radius 1 is 1.12 bits per heavy atom. The lowest BCUT2D eigenvalue weighted by Crippen LogP contribution is -2.49. The third kappa shape index (κ3) is 6.28. The van der Waals surface area contributed by atoms with Crippen molar-refractivity contribution in [3.8, 4) is 22.4 Å². The first-order valence-electron chi connectivity index (χ1n) is 11.7. The smallest absolute Gasteiger partial charge is 0.199 e. The number of carbonyl (C=O) groups excluding carboxylic acids is 1. The second kappa shape index (κ2) is 12.9. The standard InChI is InChI=1S/C27H28N2OS.C2H6/c1-5-20-12-13-21(6-2)23(19-20)26(30)27(7-3,29-8-4)17-16-22-14-15-25(31-22)24-11-9-10-18-28-24;1-2/h7,9-15,18-19,29H,3,5-6,8H2,1-2,4H3;1-2H3. The van der Waals surface area contributed by atoms with Crippen molar-refractivity contribution >= 4 is 17.1 Å². The number of nitrogens with one attached hydrogen (secondary N) is 1. The fourth-order valence-electron chi connectivity index (χ4n) is 3.46. The van der Waals surface area contributed by atoms with Gasteiger partial charge in [0.2, 0.25) is 0 Å². The lowest BCUT2D eigenvalue weighted by Gasteiger charge is -2.25. The Balaban J connectivity index is 0.00000187. The Morgan fingerprint density at radius 2 is 1.91 bits per heavy atom. The number of likely N-dealkylation sites (N-methyl/N-ethyl adjacent to an activating group) is 1. The lowest BCUT2D eigenvalue weighted by molar-refractivity contribution is 0.0930. The first-order chi connectivity index (χ1) is 16.1. The number of benzene rings is 1. The average molecular weight is 459 g/mol. The van der Waals surface area contributed by atoms with Gasteiger partial charge in [0.05, 0.1) is 15.4 Å². The maximum absolute atomic E-state index is 13.7.